The smallest absolute Gasteiger partial charge is 0.312 e. The summed E-state index contributed by atoms with van der Waals surface area (Å²) in [6.07, 6.45) is 3.39. The average Bonchev–Trinajstić information content (AvgIpc) is 3.29. The quantitative estimate of drug-likeness (QED) is 0.467. The molecule has 0 aromatic carbocycles. The molecule has 0 aliphatic carbocycles. The van der Waals surface area contributed by atoms with Crippen molar-refractivity contribution in [3.8, 4) is 0 Å². The van der Waals surface area contributed by atoms with E-state index in [0.717, 1.165) is 11.3 Å². The Balaban J connectivity index is 1.73. The fraction of sp³-hybridized carbons (Fsp3) is 0.412. The largest absolute Gasteiger partial charge is 0.336 e. The summed E-state index contributed by atoms with van der Waals surface area (Å²) in [6, 6.07) is 1.62. The summed E-state index contributed by atoms with van der Waals surface area (Å²) >= 11 is 0. The van der Waals surface area contributed by atoms with Crippen molar-refractivity contribution in [3.63, 3.8) is 0 Å². The molecular formula is C17H22N8O3. The van der Waals surface area contributed by atoms with E-state index in [1.807, 2.05) is 14.0 Å². The van der Waals surface area contributed by atoms with Crippen LogP contribution in [0.5, 0.6) is 0 Å². The lowest BCUT2D eigenvalue weighted by Gasteiger charge is -2.15. The van der Waals surface area contributed by atoms with Crippen molar-refractivity contribution in [3.05, 3.63) is 56.9 Å². The zero-order chi connectivity index (χ0) is 20.6. The third-order valence-corrected chi connectivity index (χ3v) is 4.76. The van der Waals surface area contributed by atoms with Crippen molar-refractivity contribution >= 4 is 11.6 Å². The third-order valence-electron chi connectivity index (χ3n) is 4.76. The molecule has 28 heavy (non-hydrogen) atoms. The molecule has 0 atom stereocenters. The Labute approximate surface area is 161 Å². The number of amides is 1. The number of rotatable bonds is 6. The molecule has 0 saturated carbocycles. The molecule has 0 radical (unpaired) electrons. The first kappa shape index (κ1) is 19.3. The van der Waals surface area contributed by atoms with Gasteiger partial charge in [-0.1, -0.05) is 0 Å². The minimum absolute atomic E-state index is 0.00460. The fourth-order valence-electron chi connectivity index (χ4n) is 3.00. The van der Waals surface area contributed by atoms with Crippen LogP contribution in [-0.2, 0) is 20.3 Å². The second-order valence-electron chi connectivity index (χ2n) is 6.70. The Hall–Kier alpha value is -3.50. The predicted molar refractivity (Wildman–Crippen MR) is 99.7 cm³/mol. The fourth-order valence-corrected chi connectivity index (χ4v) is 3.00. The van der Waals surface area contributed by atoms with Crippen LogP contribution in [0.4, 0.5) is 5.69 Å². The number of carbonyl (C=O) groups is 1. The standard InChI is InChI=1S/C17H22N8O3/c1-11-16(25(27)28)13(3)24(19-11)10-23-7-6-15(20-23)17(26)21(4)9-14-8-18-22(5)12(14)2/h6-8H,9-10H2,1-5H3. The van der Waals surface area contributed by atoms with Crippen molar-refractivity contribution in [2.75, 3.05) is 7.05 Å². The lowest BCUT2D eigenvalue weighted by Crippen LogP contribution is -2.27. The first-order valence-corrected chi connectivity index (χ1v) is 8.63. The van der Waals surface area contributed by atoms with Gasteiger partial charge < -0.3 is 4.90 Å². The highest BCUT2D eigenvalue weighted by Gasteiger charge is 2.22. The SMILES string of the molecule is Cc1nn(Cn2ccc(C(=O)N(C)Cc3cnn(C)c3C)n2)c(C)c1[N+](=O)[O-]. The van der Waals surface area contributed by atoms with Crippen LogP contribution in [0.2, 0.25) is 0 Å². The van der Waals surface area contributed by atoms with Crippen molar-refractivity contribution in [2.45, 2.75) is 34.0 Å². The van der Waals surface area contributed by atoms with E-state index in [2.05, 4.69) is 15.3 Å². The van der Waals surface area contributed by atoms with Crippen molar-refractivity contribution < 1.29 is 9.72 Å². The molecule has 0 aliphatic heterocycles. The molecule has 0 bridgehead atoms. The van der Waals surface area contributed by atoms with E-state index in [4.69, 9.17) is 0 Å². The monoisotopic (exact) mass is 386 g/mol. The summed E-state index contributed by atoms with van der Waals surface area (Å²) in [5, 5.41) is 23.8. The van der Waals surface area contributed by atoms with Crippen molar-refractivity contribution in [1.29, 1.82) is 0 Å². The highest BCUT2D eigenvalue weighted by Crippen LogP contribution is 2.21. The molecule has 0 unspecified atom stereocenters. The molecule has 3 aromatic heterocycles. The number of hydrogen-bond donors (Lipinski definition) is 0. The molecule has 148 valence electrons. The van der Waals surface area contributed by atoms with Crippen molar-refractivity contribution in [1.82, 2.24) is 34.2 Å². The van der Waals surface area contributed by atoms with Crippen LogP contribution < -0.4 is 0 Å². The molecule has 0 saturated heterocycles. The normalized spacial score (nSPS) is 11.0. The van der Waals surface area contributed by atoms with Gasteiger partial charge in [-0.2, -0.15) is 15.3 Å². The lowest BCUT2D eigenvalue weighted by molar-refractivity contribution is -0.386. The maximum Gasteiger partial charge on any atom is 0.312 e. The van der Waals surface area contributed by atoms with E-state index in [-0.39, 0.29) is 18.3 Å². The maximum atomic E-state index is 12.7. The van der Waals surface area contributed by atoms with Gasteiger partial charge in [-0.3, -0.25) is 24.3 Å². The van der Waals surface area contributed by atoms with Gasteiger partial charge in [0, 0.05) is 38.1 Å². The Morgan fingerprint density at radius 2 is 1.96 bits per heavy atom. The second-order valence-corrected chi connectivity index (χ2v) is 6.70. The molecular weight excluding hydrogens is 364 g/mol. The molecule has 0 fully saturated rings. The Morgan fingerprint density at radius 1 is 1.25 bits per heavy atom. The van der Waals surface area contributed by atoms with E-state index in [9.17, 15) is 14.9 Å². The Kier molecular flexibility index (Phi) is 4.99. The highest BCUT2D eigenvalue weighted by atomic mass is 16.6. The van der Waals surface area contributed by atoms with Gasteiger partial charge in [-0.25, -0.2) is 4.68 Å². The van der Waals surface area contributed by atoms with Crippen LogP contribution in [0.3, 0.4) is 0 Å². The lowest BCUT2D eigenvalue weighted by atomic mass is 10.2. The number of nitrogens with zero attached hydrogens (tertiary/aromatic N) is 8. The summed E-state index contributed by atoms with van der Waals surface area (Å²) in [5.41, 5.74) is 3.03. The zero-order valence-corrected chi connectivity index (χ0v) is 16.4. The summed E-state index contributed by atoms with van der Waals surface area (Å²) in [4.78, 5) is 24.9. The van der Waals surface area contributed by atoms with Gasteiger partial charge in [0.05, 0.1) is 11.1 Å². The van der Waals surface area contributed by atoms with Gasteiger partial charge in [0.25, 0.3) is 5.91 Å². The molecule has 3 heterocycles. The van der Waals surface area contributed by atoms with E-state index in [1.165, 1.54) is 9.36 Å². The summed E-state index contributed by atoms with van der Waals surface area (Å²) in [5.74, 6) is -0.221. The Bertz CT molecular complexity index is 1050. The van der Waals surface area contributed by atoms with Gasteiger partial charge >= 0.3 is 5.69 Å². The van der Waals surface area contributed by atoms with Crippen molar-refractivity contribution in [2.24, 2.45) is 7.05 Å². The predicted octanol–water partition coefficient (Wildman–Crippen LogP) is 1.42. The van der Waals surface area contributed by atoms with Crippen LogP contribution in [-0.4, -0.2) is 52.1 Å². The molecule has 11 heteroatoms. The molecule has 11 nitrogen and oxygen atoms in total. The molecule has 0 aliphatic rings. The minimum Gasteiger partial charge on any atom is -0.336 e. The topological polar surface area (TPSA) is 117 Å². The van der Waals surface area contributed by atoms with Crippen LogP contribution in [0.25, 0.3) is 0 Å². The second kappa shape index (κ2) is 7.25. The molecule has 3 aromatic rings. The number of aromatic nitrogens is 6. The van der Waals surface area contributed by atoms with E-state index < -0.39 is 4.92 Å². The average molecular weight is 386 g/mol. The molecule has 3 rings (SSSR count). The van der Waals surface area contributed by atoms with Gasteiger partial charge in [0.15, 0.2) is 0 Å². The number of nitro groups is 1. The summed E-state index contributed by atoms with van der Waals surface area (Å²) in [6.45, 7) is 5.78. The van der Waals surface area contributed by atoms with Gasteiger partial charge in [0.1, 0.15) is 23.8 Å². The highest BCUT2D eigenvalue weighted by molar-refractivity contribution is 5.91. The summed E-state index contributed by atoms with van der Waals surface area (Å²) in [7, 11) is 3.56. The molecule has 0 N–H and O–H groups in total. The van der Waals surface area contributed by atoms with Gasteiger partial charge in [-0.15, -0.1) is 0 Å². The first-order valence-electron chi connectivity index (χ1n) is 8.63. The van der Waals surface area contributed by atoms with Gasteiger partial charge in [-0.05, 0) is 26.8 Å². The zero-order valence-electron chi connectivity index (χ0n) is 16.4. The number of carbonyl (C=O) groups excluding carboxylic acids is 1. The van der Waals surface area contributed by atoms with Crippen LogP contribution in [0.1, 0.15) is 33.1 Å². The number of aryl methyl sites for hydroxylation is 2. The third kappa shape index (κ3) is 3.50. The van der Waals surface area contributed by atoms with Crippen LogP contribution in [0.15, 0.2) is 18.5 Å². The van der Waals surface area contributed by atoms with Crippen LogP contribution >= 0.6 is 0 Å². The van der Waals surface area contributed by atoms with Gasteiger partial charge in [0.2, 0.25) is 0 Å². The van der Waals surface area contributed by atoms with E-state index in [1.54, 1.807) is 48.9 Å². The molecule has 1 amide bonds. The maximum absolute atomic E-state index is 12.7. The summed E-state index contributed by atoms with van der Waals surface area (Å²) < 4.78 is 4.78. The van der Waals surface area contributed by atoms with E-state index >= 15 is 0 Å². The molecule has 0 spiro atoms. The first-order chi connectivity index (χ1) is 13.2. The van der Waals surface area contributed by atoms with Crippen LogP contribution in [0, 0.1) is 30.9 Å². The van der Waals surface area contributed by atoms with E-state index in [0.29, 0.717) is 23.6 Å². The minimum atomic E-state index is -0.443. The Morgan fingerprint density at radius 3 is 2.54 bits per heavy atom. The number of hydrogen-bond acceptors (Lipinski definition) is 6.